The quantitative estimate of drug-likeness (QED) is 0.811. The minimum atomic E-state index is -4.72. The lowest BCUT2D eigenvalue weighted by Crippen LogP contribution is -2.36. The Morgan fingerprint density at radius 3 is 2.46 bits per heavy atom. The molecule has 8 heteroatoms. The van der Waals surface area contributed by atoms with Crippen LogP contribution < -0.4 is 10.1 Å². The Morgan fingerprint density at radius 1 is 1.25 bits per heavy atom. The van der Waals surface area contributed by atoms with Crippen LogP contribution in [-0.4, -0.2) is 33.8 Å². The number of ether oxygens (including phenoxy) is 1. The molecular formula is C16H20F3N3O2. The molecule has 5 nitrogen and oxygen atoms in total. The van der Waals surface area contributed by atoms with E-state index >= 15 is 0 Å². The number of hydrogen-bond donors (Lipinski definition) is 2. The molecule has 0 aliphatic carbocycles. The van der Waals surface area contributed by atoms with E-state index in [1.807, 2.05) is 30.8 Å². The van der Waals surface area contributed by atoms with Crippen LogP contribution in [0.3, 0.4) is 0 Å². The predicted molar refractivity (Wildman–Crippen MR) is 82.5 cm³/mol. The first-order valence-corrected chi connectivity index (χ1v) is 7.52. The molecule has 0 saturated heterocycles. The molecule has 24 heavy (non-hydrogen) atoms. The number of benzene rings is 1. The minimum absolute atomic E-state index is 0.0485. The average Bonchev–Trinajstić information content (AvgIpc) is 3.05. The Balaban J connectivity index is 1.87. The van der Waals surface area contributed by atoms with Crippen molar-refractivity contribution in [1.82, 2.24) is 15.1 Å². The van der Waals surface area contributed by atoms with Gasteiger partial charge in [0.1, 0.15) is 5.75 Å². The van der Waals surface area contributed by atoms with Crippen LogP contribution >= 0.6 is 0 Å². The molecule has 2 N–H and O–H groups in total. The molecule has 2 aromatic rings. The van der Waals surface area contributed by atoms with E-state index < -0.39 is 12.5 Å². The first-order chi connectivity index (χ1) is 11.3. The summed E-state index contributed by atoms with van der Waals surface area (Å²) in [7, 11) is 0. The zero-order chi connectivity index (χ0) is 17.7. The Morgan fingerprint density at radius 2 is 1.92 bits per heavy atom. The number of halogens is 3. The van der Waals surface area contributed by atoms with Gasteiger partial charge in [0.05, 0.1) is 12.1 Å². The first kappa shape index (κ1) is 18.3. The first-order valence-electron chi connectivity index (χ1n) is 7.52. The van der Waals surface area contributed by atoms with Crippen LogP contribution in [-0.2, 0) is 0 Å². The highest BCUT2D eigenvalue weighted by atomic mass is 19.4. The van der Waals surface area contributed by atoms with E-state index in [4.69, 9.17) is 0 Å². The van der Waals surface area contributed by atoms with Gasteiger partial charge in [0.2, 0.25) is 0 Å². The number of aliphatic hydroxyl groups is 1. The van der Waals surface area contributed by atoms with Gasteiger partial charge in [-0.3, -0.25) is 4.68 Å². The van der Waals surface area contributed by atoms with Crippen molar-refractivity contribution in [1.29, 1.82) is 0 Å². The van der Waals surface area contributed by atoms with Crippen LogP contribution in [0.25, 0.3) is 0 Å². The van der Waals surface area contributed by atoms with Gasteiger partial charge in [0.25, 0.3) is 0 Å². The molecule has 0 aliphatic rings. The molecule has 0 unspecified atom stereocenters. The number of aliphatic hydroxyl groups excluding tert-OH is 1. The van der Waals surface area contributed by atoms with Crippen molar-refractivity contribution in [2.75, 3.05) is 6.54 Å². The third kappa shape index (κ3) is 5.24. The summed E-state index contributed by atoms with van der Waals surface area (Å²) in [5, 5.41) is 17.5. The number of nitrogens with zero attached hydrogens (tertiary/aromatic N) is 2. The molecular weight excluding hydrogens is 323 g/mol. The zero-order valence-corrected chi connectivity index (χ0v) is 13.4. The summed E-state index contributed by atoms with van der Waals surface area (Å²) in [4.78, 5) is 0. The van der Waals surface area contributed by atoms with E-state index in [1.165, 1.54) is 24.3 Å². The highest BCUT2D eigenvalue weighted by Gasteiger charge is 2.31. The van der Waals surface area contributed by atoms with Crippen molar-refractivity contribution < 1.29 is 23.0 Å². The molecule has 1 heterocycles. The molecule has 0 saturated carbocycles. The molecule has 3 atom stereocenters. The summed E-state index contributed by atoms with van der Waals surface area (Å²) in [6.45, 7) is 4.24. The van der Waals surface area contributed by atoms with E-state index in [2.05, 4.69) is 15.2 Å². The molecule has 0 aliphatic heterocycles. The Hall–Kier alpha value is -2.06. The van der Waals surface area contributed by atoms with Gasteiger partial charge in [0, 0.05) is 25.0 Å². The van der Waals surface area contributed by atoms with Crippen molar-refractivity contribution >= 4 is 0 Å². The SMILES string of the molecule is C[C@H](NC[C@@H](O)c1ccc(OC(F)(F)F)cc1)[C@@H](C)n1cccn1. The smallest absolute Gasteiger partial charge is 0.406 e. The topological polar surface area (TPSA) is 59.3 Å². The fourth-order valence-electron chi connectivity index (χ4n) is 2.23. The number of nitrogens with one attached hydrogen (secondary N) is 1. The van der Waals surface area contributed by atoms with E-state index in [-0.39, 0.29) is 24.4 Å². The van der Waals surface area contributed by atoms with Crippen molar-refractivity contribution in [3.8, 4) is 5.75 Å². The second kappa shape index (κ2) is 7.67. The van der Waals surface area contributed by atoms with Crippen LogP contribution in [0.5, 0.6) is 5.75 Å². The van der Waals surface area contributed by atoms with Crippen LogP contribution in [0.2, 0.25) is 0 Å². The lowest BCUT2D eigenvalue weighted by atomic mass is 10.1. The molecule has 132 valence electrons. The number of alkyl halides is 3. The summed E-state index contributed by atoms with van der Waals surface area (Å²) in [5.41, 5.74) is 0.510. The van der Waals surface area contributed by atoms with Crippen molar-refractivity contribution in [3.63, 3.8) is 0 Å². The Bertz CT molecular complexity index is 614. The number of hydrogen-bond acceptors (Lipinski definition) is 4. The lowest BCUT2D eigenvalue weighted by Gasteiger charge is -2.23. The molecule has 0 bridgehead atoms. The van der Waals surface area contributed by atoms with E-state index in [9.17, 15) is 18.3 Å². The predicted octanol–water partition coefficient (Wildman–Crippen LogP) is 3.05. The Labute approximate surface area is 138 Å². The second-order valence-corrected chi connectivity index (χ2v) is 5.56. The van der Waals surface area contributed by atoms with Gasteiger partial charge < -0.3 is 15.2 Å². The maximum atomic E-state index is 12.1. The highest BCUT2D eigenvalue weighted by Crippen LogP contribution is 2.24. The lowest BCUT2D eigenvalue weighted by molar-refractivity contribution is -0.274. The van der Waals surface area contributed by atoms with Gasteiger partial charge in [-0.05, 0) is 37.6 Å². The second-order valence-electron chi connectivity index (χ2n) is 5.56. The monoisotopic (exact) mass is 343 g/mol. The Kier molecular flexibility index (Phi) is 5.84. The van der Waals surface area contributed by atoms with Crippen LogP contribution in [0.15, 0.2) is 42.7 Å². The van der Waals surface area contributed by atoms with Gasteiger partial charge in [-0.2, -0.15) is 5.10 Å². The molecule has 1 aromatic heterocycles. The van der Waals surface area contributed by atoms with Gasteiger partial charge in [-0.1, -0.05) is 12.1 Å². The summed E-state index contributed by atoms with van der Waals surface area (Å²) in [6, 6.07) is 7.17. The summed E-state index contributed by atoms with van der Waals surface area (Å²) < 4.78 is 42.0. The summed E-state index contributed by atoms with van der Waals surface area (Å²) in [6.07, 6.45) is -2.00. The van der Waals surface area contributed by atoms with E-state index in [1.54, 1.807) is 6.20 Å². The van der Waals surface area contributed by atoms with E-state index in [0.717, 1.165) is 0 Å². The third-order valence-electron chi connectivity index (χ3n) is 3.80. The largest absolute Gasteiger partial charge is 0.573 e. The van der Waals surface area contributed by atoms with Crippen LogP contribution in [0.4, 0.5) is 13.2 Å². The maximum absolute atomic E-state index is 12.1. The molecule has 0 radical (unpaired) electrons. The third-order valence-corrected chi connectivity index (χ3v) is 3.80. The van der Waals surface area contributed by atoms with Crippen molar-refractivity contribution in [2.24, 2.45) is 0 Å². The van der Waals surface area contributed by atoms with Gasteiger partial charge >= 0.3 is 6.36 Å². The van der Waals surface area contributed by atoms with Gasteiger partial charge in [0.15, 0.2) is 0 Å². The molecule has 0 fully saturated rings. The van der Waals surface area contributed by atoms with Crippen molar-refractivity contribution in [2.45, 2.75) is 38.4 Å². The van der Waals surface area contributed by atoms with Crippen molar-refractivity contribution in [3.05, 3.63) is 48.3 Å². The maximum Gasteiger partial charge on any atom is 0.573 e. The number of rotatable bonds is 7. The average molecular weight is 343 g/mol. The zero-order valence-electron chi connectivity index (χ0n) is 13.4. The fraction of sp³-hybridized carbons (Fsp3) is 0.438. The summed E-state index contributed by atoms with van der Waals surface area (Å²) in [5.74, 6) is -0.313. The van der Waals surface area contributed by atoms with Gasteiger partial charge in [-0.15, -0.1) is 13.2 Å². The highest BCUT2D eigenvalue weighted by molar-refractivity contribution is 5.28. The molecule has 2 rings (SSSR count). The standard InChI is InChI=1S/C16H20F3N3O2/c1-11(12(2)22-9-3-8-21-22)20-10-15(23)13-4-6-14(7-5-13)24-16(17,18)19/h3-9,11-12,15,20,23H,10H2,1-2H3/t11-,12+,15+/m0/s1. The number of aromatic nitrogens is 2. The summed E-state index contributed by atoms with van der Waals surface area (Å²) >= 11 is 0. The van der Waals surface area contributed by atoms with Crippen LogP contribution in [0.1, 0.15) is 31.6 Å². The molecule has 0 amide bonds. The minimum Gasteiger partial charge on any atom is -0.406 e. The molecule has 0 spiro atoms. The van der Waals surface area contributed by atoms with Gasteiger partial charge in [-0.25, -0.2) is 0 Å². The normalized spacial score (nSPS) is 15.8. The fourth-order valence-corrected chi connectivity index (χ4v) is 2.23. The van der Waals surface area contributed by atoms with E-state index in [0.29, 0.717) is 5.56 Å². The van der Waals surface area contributed by atoms with Crippen LogP contribution in [0, 0.1) is 0 Å². The molecule has 1 aromatic carbocycles.